The van der Waals surface area contributed by atoms with Gasteiger partial charge in [0, 0.05) is 40.9 Å². The van der Waals surface area contributed by atoms with Crippen molar-refractivity contribution in [2.75, 3.05) is 24.5 Å². The van der Waals surface area contributed by atoms with Crippen LogP contribution in [0.25, 0.3) is 0 Å². The third-order valence-electron chi connectivity index (χ3n) is 4.37. The Morgan fingerprint density at radius 3 is 3.00 bits per heavy atom. The predicted molar refractivity (Wildman–Crippen MR) is 80.9 cm³/mol. The summed E-state index contributed by atoms with van der Waals surface area (Å²) in [7, 11) is 0. The number of hydrogen-bond acceptors (Lipinski definition) is 3. The summed E-state index contributed by atoms with van der Waals surface area (Å²) in [5.74, 6) is 0. The van der Waals surface area contributed by atoms with Crippen LogP contribution < -0.4 is 4.90 Å². The van der Waals surface area contributed by atoms with Gasteiger partial charge in [-0.3, -0.25) is 9.69 Å². The van der Waals surface area contributed by atoms with Gasteiger partial charge in [0.25, 0.3) is 0 Å². The van der Waals surface area contributed by atoms with E-state index in [4.69, 9.17) is 0 Å². The third kappa shape index (κ3) is 2.43. The highest BCUT2D eigenvalue weighted by Crippen LogP contribution is 2.31. The van der Waals surface area contributed by atoms with Gasteiger partial charge < -0.3 is 4.90 Å². The Morgan fingerprint density at radius 2 is 2.21 bits per heavy atom. The van der Waals surface area contributed by atoms with E-state index < -0.39 is 0 Å². The number of carbonyl (C=O) groups excluding carboxylic acids is 1. The van der Waals surface area contributed by atoms with Gasteiger partial charge in [0.15, 0.2) is 6.29 Å². The van der Waals surface area contributed by atoms with Crippen LogP contribution in [-0.4, -0.2) is 42.9 Å². The molecule has 102 valence electrons. The van der Waals surface area contributed by atoms with Crippen LogP contribution in [0.2, 0.25) is 0 Å². The zero-order valence-corrected chi connectivity index (χ0v) is 12.8. The van der Waals surface area contributed by atoms with Crippen molar-refractivity contribution in [1.82, 2.24) is 4.90 Å². The first-order chi connectivity index (χ1) is 9.19. The van der Waals surface area contributed by atoms with Gasteiger partial charge in [-0.15, -0.1) is 0 Å². The molecule has 0 aromatic heterocycles. The quantitative estimate of drug-likeness (QED) is 0.782. The first kappa shape index (κ1) is 13.1. The molecule has 2 aliphatic rings. The molecular weight excluding hydrogens is 304 g/mol. The molecule has 2 atom stereocenters. The molecule has 19 heavy (non-hydrogen) atoms. The van der Waals surface area contributed by atoms with Crippen molar-refractivity contribution in [2.45, 2.75) is 31.8 Å². The molecule has 0 spiro atoms. The SMILES string of the molecule is CC1CN2CCCC2CN1c1cc(Br)ccc1C=O. The molecule has 2 saturated heterocycles. The van der Waals surface area contributed by atoms with Gasteiger partial charge >= 0.3 is 0 Å². The van der Waals surface area contributed by atoms with Gasteiger partial charge in [0.1, 0.15) is 0 Å². The monoisotopic (exact) mass is 322 g/mol. The van der Waals surface area contributed by atoms with E-state index in [-0.39, 0.29) is 0 Å². The van der Waals surface area contributed by atoms with Gasteiger partial charge in [-0.1, -0.05) is 15.9 Å². The Bertz CT molecular complexity index is 491. The number of halogens is 1. The first-order valence-electron chi connectivity index (χ1n) is 6.94. The summed E-state index contributed by atoms with van der Waals surface area (Å²) in [4.78, 5) is 16.3. The predicted octanol–water partition coefficient (Wildman–Crippen LogP) is 2.93. The molecule has 0 bridgehead atoms. The lowest BCUT2D eigenvalue weighted by Gasteiger charge is -2.44. The van der Waals surface area contributed by atoms with E-state index in [1.807, 2.05) is 12.1 Å². The summed E-state index contributed by atoms with van der Waals surface area (Å²) in [6.07, 6.45) is 3.56. The zero-order valence-electron chi connectivity index (χ0n) is 11.2. The summed E-state index contributed by atoms with van der Waals surface area (Å²) in [6, 6.07) is 7.03. The van der Waals surface area contributed by atoms with Gasteiger partial charge in [-0.25, -0.2) is 0 Å². The first-order valence-corrected chi connectivity index (χ1v) is 7.74. The lowest BCUT2D eigenvalue weighted by Crippen LogP contribution is -2.55. The number of aldehydes is 1. The minimum atomic E-state index is 0.461. The highest BCUT2D eigenvalue weighted by Gasteiger charge is 2.35. The van der Waals surface area contributed by atoms with Crippen molar-refractivity contribution in [2.24, 2.45) is 0 Å². The molecule has 2 fully saturated rings. The molecule has 2 heterocycles. The number of piperazine rings is 1. The molecular formula is C15H19BrN2O. The van der Waals surface area contributed by atoms with E-state index in [9.17, 15) is 4.79 Å². The molecule has 4 heteroatoms. The van der Waals surface area contributed by atoms with Crippen molar-refractivity contribution in [3.8, 4) is 0 Å². The molecule has 0 radical (unpaired) electrons. The van der Waals surface area contributed by atoms with Crippen LogP contribution in [0.4, 0.5) is 5.69 Å². The van der Waals surface area contributed by atoms with Crippen molar-refractivity contribution >= 4 is 27.9 Å². The minimum absolute atomic E-state index is 0.461. The second-order valence-electron chi connectivity index (χ2n) is 5.61. The van der Waals surface area contributed by atoms with Gasteiger partial charge in [-0.05, 0) is 44.5 Å². The Labute approximate surface area is 122 Å². The van der Waals surface area contributed by atoms with Crippen LogP contribution in [-0.2, 0) is 0 Å². The van der Waals surface area contributed by atoms with Crippen LogP contribution in [0.3, 0.4) is 0 Å². The largest absolute Gasteiger partial charge is 0.365 e. The van der Waals surface area contributed by atoms with Crippen LogP contribution in [0, 0.1) is 0 Å². The Kier molecular flexibility index (Phi) is 3.63. The Hall–Kier alpha value is -0.870. The summed E-state index contributed by atoms with van der Waals surface area (Å²) in [6.45, 7) is 5.64. The average molecular weight is 323 g/mol. The molecule has 3 rings (SSSR count). The fourth-order valence-electron chi connectivity index (χ4n) is 3.39. The van der Waals surface area contributed by atoms with Crippen molar-refractivity contribution in [1.29, 1.82) is 0 Å². The second-order valence-corrected chi connectivity index (χ2v) is 6.53. The maximum absolute atomic E-state index is 11.3. The third-order valence-corrected chi connectivity index (χ3v) is 4.86. The average Bonchev–Trinajstić information content (AvgIpc) is 2.84. The van der Waals surface area contributed by atoms with Crippen LogP contribution in [0.5, 0.6) is 0 Å². The number of hydrogen-bond donors (Lipinski definition) is 0. The maximum Gasteiger partial charge on any atom is 0.152 e. The fourth-order valence-corrected chi connectivity index (χ4v) is 3.74. The van der Waals surface area contributed by atoms with E-state index in [1.54, 1.807) is 0 Å². The topological polar surface area (TPSA) is 23.6 Å². The highest BCUT2D eigenvalue weighted by molar-refractivity contribution is 9.10. The fraction of sp³-hybridized carbons (Fsp3) is 0.533. The van der Waals surface area contributed by atoms with Gasteiger partial charge in [0.2, 0.25) is 0 Å². The van der Waals surface area contributed by atoms with E-state index in [2.05, 4.69) is 38.7 Å². The number of fused-ring (bicyclic) bond motifs is 1. The summed E-state index contributed by atoms with van der Waals surface area (Å²) in [5.41, 5.74) is 1.87. The zero-order chi connectivity index (χ0) is 13.4. The molecule has 1 aromatic carbocycles. The Morgan fingerprint density at radius 1 is 1.37 bits per heavy atom. The normalized spacial score (nSPS) is 27.4. The van der Waals surface area contributed by atoms with Crippen molar-refractivity contribution in [3.63, 3.8) is 0 Å². The van der Waals surface area contributed by atoms with E-state index in [0.29, 0.717) is 12.1 Å². The molecule has 0 N–H and O–H groups in total. The van der Waals surface area contributed by atoms with Crippen LogP contribution in [0.1, 0.15) is 30.1 Å². The summed E-state index contributed by atoms with van der Waals surface area (Å²) in [5, 5.41) is 0. The standard InChI is InChI=1S/C15H19BrN2O/c1-11-8-17-6-2-3-14(17)9-18(11)15-7-13(16)5-4-12(15)10-19/h4-5,7,10-11,14H,2-3,6,8-9H2,1H3. The van der Waals surface area contributed by atoms with Gasteiger partial charge in [0.05, 0.1) is 0 Å². The smallest absolute Gasteiger partial charge is 0.152 e. The number of anilines is 1. The molecule has 0 amide bonds. The number of carbonyl (C=O) groups is 1. The van der Waals surface area contributed by atoms with E-state index >= 15 is 0 Å². The van der Waals surface area contributed by atoms with Crippen LogP contribution in [0.15, 0.2) is 22.7 Å². The second kappa shape index (κ2) is 5.25. The minimum Gasteiger partial charge on any atom is -0.365 e. The summed E-state index contributed by atoms with van der Waals surface area (Å²) < 4.78 is 1.04. The van der Waals surface area contributed by atoms with E-state index in [0.717, 1.165) is 35.1 Å². The molecule has 3 nitrogen and oxygen atoms in total. The Balaban J connectivity index is 1.92. The van der Waals surface area contributed by atoms with E-state index in [1.165, 1.54) is 19.4 Å². The van der Waals surface area contributed by atoms with Crippen molar-refractivity contribution in [3.05, 3.63) is 28.2 Å². The highest BCUT2D eigenvalue weighted by atomic mass is 79.9. The number of rotatable bonds is 2. The molecule has 0 aliphatic carbocycles. The number of benzene rings is 1. The molecule has 2 aliphatic heterocycles. The lowest BCUT2D eigenvalue weighted by molar-refractivity contribution is 0.112. The molecule has 2 unspecified atom stereocenters. The number of nitrogens with zero attached hydrogens (tertiary/aromatic N) is 2. The lowest BCUT2D eigenvalue weighted by atomic mass is 10.0. The van der Waals surface area contributed by atoms with Crippen LogP contribution >= 0.6 is 15.9 Å². The molecule has 1 aromatic rings. The summed E-state index contributed by atoms with van der Waals surface area (Å²) >= 11 is 3.52. The van der Waals surface area contributed by atoms with Crippen molar-refractivity contribution < 1.29 is 4.79 Å². The van der Waals surface area contributed by atoms with Gasteiger partial charge in [-0.2, -0.15) is 0 Å². The maximum atomic E-state index is 11.3. The molecule has 0 saturated carbocycles.